The number of carbonyl (C=O) groups excluding carboxylic acids is 4. The van der Waals surface area contributed by atoms with Crippen molar-refractivity contribution < 1.29 is 19.2 Å². The second kappa shape index (κ2) is 11.8. The molecule has 1 aliphatic heterocycles. The molecule has 1 atom stereocenters. The summed E-state index contributed by atoms with van der Waals surface area (Å²) in [6.45, 7) is 3.05. The third-order valence-corrected chi connectivity index (χ3v) is 6.80. The van der Waals surface area contributed by atoms with Gasteiger partial charge in [0.1, 0.15) is 0 Å². The van der Waals surface area contributed by atoms with E-state index in [1.54, 1.807) is 48.5 Å². The van der Waals surface area contributed by atoms with E-state index in [4.69, 9.17) is 4.99 Å². The molecule has 41 heavy (non-hydrogen) atoms. The summed E-state index contributed by atoms with van der Waals surface area (Å²) in [6.07, 6.45) is -1.33. The fourth-order valence-electron chi connectivity index (χ4n) is 4.73. The Bertz CT molecular complexity index is 1680. The number of amides is 3. The average Bonchev–Trinajstić information content (AvgIpc) is 3.08. The molecule has 0 saturated carbocycles. The van der Waals surface area contributed by atoms with Crippen LogP contribution in [0.15, 0.2) is 108 Å². The van der Waals surface area contributed by atoms with Crippen molar-refractivity contribution >= 4 is 40.6 Å². The van der Waals surface area contributed by atoms with Gasteiger partial charge in [-0.2, -0.15) is 0 Å². The van der Waals surface area contributed by atoms with E-state index < -0.39 is 18.1 Å². The second-order valence-electron chi connectivity index (χ2n) is 9.66. The van der Waals surface area contributed by atoms with Crippen LogP contribution < -0.4 is 15.5 Å². The number of aliphatic imine (C=N–C) groups is 1. The normalized spacial score (nSPS) is 14.4. The van der Waals surface area contributed by atoms with Crippen LogP contribution in [0.2, 0.25) is 0 Å². The predicted octanol–water partition coefficient (Wildman–Crippen LogP) is 5.41. The van der Waals surface area contributed by atoms with Crippen molar-refractivity contribution in [2.24, 2.45) is 4.99 Å². The molecule has 1 unspecified atom stereocenters. The van der Waals surface area contributed by atoms with Gasteiger partial charge in [0.05, 0.1) is 17.9 Å². The summed E-state index contributed by atoms with van der Waals surface area (Å²) in [4.78, 5) is 58.5. The molecule has 4 aromatic rings. The van der Waals surface area contributed by atoms with E-state index in [1.165, 1.54) is 11.8 Å². The number of nitrogens with zero attached hydrogens (tertiary/aromatic N) is 2. The summed E-state index contributed by atoms with van der Waals surface area (Å²) in [5.74, 6) is -0.937. The van der Waals surface area contributed by atoms with E-state index >= 15 is 0 Å². The molecule has 0 aliphatic carbocycles. The molecule has 0 aromatic heterocycles. The molecular formula is C33H28N4O4. The number of fused-ring (bicyclic) bond motifs is 1. The summed E-state index contributed by atoms with van der Waals surface area (Å²) >= 11 is 0. The molecule has 0 radical (unpaired) electrons. The Labute approximate surface area is 237 Å². The van der Waals surface area contributed by atoms with E-state index in [0.29, 0.717) is 33.8 Å². The van der Waals surface area contributed by atoms with E-state index in [-0.39, 0.29) is 18.1 Å². The van der Waals surface area contributed by atoms with Gasteiger partial charge >= 0.3 is 6.03 Å². The number of urea groups is 1. The lowest BCUT2D eigenvalue weighted by Gasteiger charge is -2.25. The van der Waals surface area contributed by atoms with Crippen LogP contribution in [0.4, 0.5) is 16.2 Å². The van der Waals surface area contributed by atoms with Gasteiger partial charge < -0.3 is 15.5 Å². The van der Waals surface area contributed by atoms with Gasteiger partial charge in [-0.3, -0.25) is 14.4 Å². The SMILES string of the molecule is CC(=O)c1cccc(NC(=O)NC2N=C(c3ccccc3)c3ccccc3N(CC(=O)c3ccccc3C)C2=O)c1. The van der Waals surface area contributed by atoms with E-state index in [2.05, 4.69) is 10.6 Å². The van der Waals surface area contributed by atoms with Gasteiger partial charge in [-0.05, 0) is 37.6 Å². The number of nitrogens with one attached hydrogen (secondary N) is 2. The van der Waals surface area contributed by atoms with Gasteiger partial charge in [0.2, 0.25) is 6.17 Å². The number of benzodiazepines with no additional fused rings is 1. The first kappa shape index (κ1) is 27.2. The van der Waals surface area contributed by atoms with Gasteiger partial charge in [0.25, 0.3) is 5.91 Å². The van der Waals surface area contributed by atoms with Crippen LogP contribution >= 0.6 is 0 Å². The maximum atomic E-state index is 14.0. The third kappa shape index (κ3) is 5.96. The summed E-state index contributed by atoms with van der Waals surface area (Å²) in [7, 11) is 0. The minimum atomic E-state index is -1.33. The lowest BCUT2D eigenvalue weighted by molar-refractivity contribution is -0.120. The Balaban J connectivity index is 1.53. The van der Waals surface area contributed by atoms with Crippen molar-refractivity contribution in [3.8, 4) is 0 Å². The molecule has 0 bridgehead atoms. The number of anilines is 2. The topological polar surface area (TPSA) is 108 Å². The van der Waals surface area contributed by atoms with Crippen LogP contribution in [0, 0.1) is 6.92 Å². The lowest BCUT2D eigenvalue weighted by Crippen LogP contribution is -2.50. The fraction of sp³-hybridized carbons (Fsp3) is 0.121. The molecule has 1 heterocycles. The quantitative estimate of drug-likeness (QED) is 0.303. The molecule has 5 rings (SSSR count). The Kier molecular flexibility index (Phi) is 7.83. The third-order valence-electron chi connectivity index (χ3n) is 6.80. The van der Waals surface area contributed by atoms with Gasteiger partial charge in [-0.1, -0.05) is 84.9 Å². The summed E-state index contributed by atoms with van der Waals surface area (Å²) in [6, 6.07) is 29.6. The number of hydrogen-bond donors (Lipinski definition) is 2. The van der Waals surface area contributed by atoms with E-state index in [9.17, 15) is 19.2 Å². The number of Topliss-reactive ketones (excluding diaryl/α,β-unsaturated/α-hetero) is 2. The standard InChI is InChI=1S/C33H28N4O4/c1-21-11-6-7-16-26(21)29(39)20-37-28-18-9-8-17-27(28)30(23-12-4-3-5-13-23)35-31(32(37)40)36-33(41)34-25-15-10-14-24(19-25)22(2)38/h3-19,31H,20H2,1-2H3,(H2,34,36,41). The molecule has 0 fully saturated rings. The van der Waals surface area contributed by atoms with Gasteiger partial charge in [0.15, 0.2) is 11.6 Å². The average molecular weight is 545 g/mol. The summed E-state index contributed by atoms with van der Waals surface area (Å²) in [5, 5.41) is 5.35. The largest absolute Gasteiger partial charge is 0.321 e. The Morgan fingerprint density at radius 1 is 0.854 bits per heavy atom. The smallest absolute Gasteiger partial charge is 0.308 e. The van der Waals surface area contributed by atoms with Crippen LogP contribution in [-0.2, 0) is 4.79 Å². The minimum absolute atomic E-state index is 0.142. The highest BCUT2D eigenvalue weighted by atomic mass is 16.2. The van der Waals surface area contributed by atoms with E-state index in [1.807, 2.05) is 61.5 Å². The maximum Gasteiger partial charge on any atom is 0.321 e. The Morgan fingerprint density at radius 3 is 2.32 bits per heavy atom. The van der Waals surface area contributed by atoms with Crippen LogP contribution in [-0.4, -0.2) is 41.9 Å². The molecule has 8 nitrogen and oxygen atoms in total. The van der Waals surface area contributed by atoms with Gasteiger partial charge in [0, 0.05) is 27.9 Å². The first-order valence-corrected chi connectivity index (χ1v) is 13.1. The first-order chi connectivity index (χ1) is 19.8. The van der Waals surface area contributed by atoms with Crippen LogP contribution in [0.25, 0.3) is 0 Å². The molecule has 1 aliphatic rings. The van der Waals surface area contributed by atoms with Crippen molar-refractivity contribution in [3.05, 3.63) is 131 Å². The van der Waals surface area contributed by atoms with Gasteiger partial charge in [-0.25, -0.2) is 9.79 Å². The summed E-state index contributed by atoms with van der Waals surface area (Å²) in [5.41, 5.74) is 4.57. The number of carbonyl (C=O) groups is 4. The maximum absolute atomic E-state index is 14.0. The molecule has 0 spiro atoms. The Hall–Kier alpha value is -5.37. The highest BCUT2D eigenvalue weighted by Crippen LogP contribution is 2.29. The van der Waals surface area contributed by atoms with Crippen LogP contribution in [0.5, 0.6) is 0 Å². The number of para-hydroxylation sites is 1. The van der Waals surface area contributed by atoms with Crippen molar-refractivity contribution in [1.29, 1.82) is 0 Å². The van der Waals surface area contributed by atoms with Crippen LogP contribution in [0.1, 0.15) is 44.3 Å². The number of aryl methyl sites for hydroxylation is 1. The zero-order valence-corrected chi connectivity index (χ0v) is 22.6. The monoisotopic (exact) mass is 544 g/mol. The number of benzene rings is 4. The van der Waals surface area contributed by atoms with Gasteiger partial charge in [-0.15, -0.1) is 0 Å². The number of ketones is 2. The van der Waals surface area contributed by atoms with Crippen molar-refractivity contribution in [1.82, 2.24) is 5.32 Å². The molecule has 8 heteroatoms. The molecule has 204 valence electrons. The zero-order valence-electron chi connectivity index (χ0n) is 22.6. The van der Waals surface area contributed by atoms with Crippen molar-refractivity contribution in [2.45, 2.75) is 20.0 Å². The number of rotatable bonds is 7. The van der Waals surface area contributed by atoms with Crippen LogP contribution in [0.3, 0.4) is 0 Å². The summed E-state index contributed by atoms with van der Waals surface area (Å²) < 4.78 is 0. The fourth-order valence-corrected chi connectivity index (χ4v) is 4.73. The highest BCUT2D eigenvalue weighted by Gasteiger charge is 2.34. The lowest BCUT2D eigenvalue weighted by atomic mass is 9.99. The molecule has 2 N–H and O–H groups in total. The molecule has 0 saturated heterocycles. The highest BCUT2D eigenvalue weighted by molar-refractivity contribution is 6.21. The molecule has 4 aromatic carbocycles. The first-order valence-electron chi connectivity index (χ1n) is 13.1. The number of hydrogen-bond acceptors (Lipinski definition) is 5. The molecular weight excluding hydrogens is 516 g/mol. The van der Waals surface area contributed by atoms with E-state index in [0.717, 1.165) is 11.1 Å². The predicted molar refractivity (Wildman–Crippen MR) is 159 cm³/mol. The molecule has 3 amide bonds. The minimum Gasteiger partial charge on any atom is -0.308 e. The zero-order chi connectivity index (χ0) is 28.9. The second-order valence-corrected chi connectivity index (χ2v) is 9.66. The van der Waals surface area contributed by atoms with Crippen molar-refractivity contribution in [3.63, 3.8) is 0 Å². The van der Waals surface area contributed by atoms with Crippen molar-refractivity contribution in [2.75, 3.05) is 16.8 Å². The Morgan fingerprint density at radius 2 is 1.56 bits per heavy atom.